The second kappa shape index (κ2) is 20.5. The van der Waals surface area contributed by atoms with Crippen molar-refractivity contribution in [1.82, 2.24) is 0 Å². The zero-order chi connectivity index (χ0) is 33.3. The fraction of sp³-hybridized carbons (Fsp3) is 0.564. The van der Waals surface area contributed by atoms with Crippen LogP contribution in [0.2, 0.25) is 0 Å². The highest BCUT2D eigenvalue weighted by molar-refractivity contribution is 7.89. The molecule has 0 fully saturated rings. The van der Waals surface area contributed by atoms with Crippen LogP contribution < -0.4 is 0 Å². The van der Waals surface area contributed by atoms with Crippen LogP contribution in [-0.4, -0.2) is 26.7 Å². The molecule has 0 aromatic rings. The van der Waals surface area contributed by atoms with Gasteiger partial charge in [-0.25, -0.2) is 9.59 Å². The van der Waals surface area contributed by atoms with Crippen LogP contribution in [0.25, 0.3) is 0 Å². The topological polar surface area (TPSA) is 74.6 Å². The van der Waals surface area contributed by atoms with E-state index in [-0.39, 0.29) is 35.2 Å². The summed E-state index contributed by atoms with van der Waals surface area (Å²) in [6, 6.07) is 0. The molecule has 0 aromatic carbocycles. The molecule has 0 amide bonds. The Kier molecular flexibility index (Phi) is 18.4. The van der Waals surface area contributed by atoms with Crippen LogP contribution in [0.3, 0.4) is 0 Å². The van der Waals surface area contributed by atoms with E-state index >= 15 is 0 Å². The van der Waals surface area contributed by atoms with Gasteiger partial charge in [0.1, 0.15) is 11.2 Å². The van der Waals surface area contributed by atoms with Crippen LogP contribution in [0.1, 0.15) is 139 Å². The SMILES string of the molecule is CC/C=C/CC/C(C)=C/CC1(C/C=C(\C)CCC=C(C)C)C(O)=C(C/C=C(\C)CCC=C(C)C)C(=O)[P+](C(=O)CCC)=C1O. The molecule has 2 unspecified atom stereocenters. The van der Waals surface area contributed by atoms with Crippen molar-refractivity contribution < 1.29 is 19.8 Å². The minimum Gasteiger partial charge on any atom is -0.510 e. The number of rotatable bonds is 19. The van der Waals surface area contributed by atoms with E-state index in [9.17, 15) is 19.8 Å². The maximum atomic E-state index is 13.9. The summed E-state index contributed by atoms with van der Waals surface area (Å²) in [5, 5.41) is 23.9. The van der Waals surface area contributed by atoms with Gasteiger partial charge in [-0.15, -0.1) is 0 Å². The maximum Gasteiger partial charge on any atom is 0.364 e. The van der Waals surface area contributed by atoms with Crippen LogP contribution in [0.5, 0.6) is 0 Å². The molecule has 0 saturated heterocycles. The van der Waals surface area contributed by atoms with Crippen molar-refractivity contribution in [2.45, 2.75) is 139 Å². The van der Waals surface area contributed by atoms with Gasteiger partial charge in [0.05, 0.1) is 12.0 Å². The molecule has 1 heterocycles. The number of carbonyl (C=O) groups is 2. The van der Waals surface area contributed by atoms with Gasteiger partial charge >= 0.3 is 11.0 Å². The quantitative estimate of drug-likeness (QED) is 0.111. The van der Waals surface area contributed by atoms with E-state index in [1.54, 1.807) is 0 Å². The first-order valence-electron chi connectivity index (χ1n) is 16.5. The molecule has 1 rings (SSSR count). The molecule has 0 radical (unpaired) electrons. The zero-order valence-electron chi connectivity index (χ0n) is 29.2. The van der Waals surface area contributed by atoms with Gasteiger partial charge in [-0.1, -0.05) is 84.2 Å². The lowest BCUT2D eigenvalue weighted by molar-refractivity contribution is -0.112. The molecule has 0 aliphatic carbocycles. The highest BCUT2D eigenvalue weighted by atomic mass is 31.1. The van der Waals surface area contributed by atoms with Crippen molar-refractivity contribution in [3.05, 3.63) is 81.7 Å². The Hall–Kier alpha value is -2.55. The molecule has 2 atom stereocenters. The lowest BCUT2D eigenvalue weighted by Crippen LogP contribution is -2.38. The third-order valence-electron chi connectivity index (χ3n) is 8.10. The number of aliphatic hydroxyl groups is 2. The lowest BCUT2D eigenvalue weighted by Gasteiger charge is -2.32. The van der Waals surface area contributed by atoms with Crippen molar-refractivity contribution in [3.63, 3.8) is 0 Å². The number of aliphatic hydroxyl groups excluding tert-OH is 2. The van der Waals surface area contributed by atoms with Gasteiger partial charge < -0.3 is 10.2 Å². The molecule has 1 aliphatic rings. The van der Waals surface area contributed by atoms with Crippen molar-refractivity contribution in [2.24, 2.45) is 5.41 Å². The average Bonchev–Trinajstić information content (AvgIpc) is 2.94. The smallest absolute Gasteiger partial charge is 0.364 e. The van der Waals surface area contributed by atoms with Crippen molar-refractivity contribution >= 4 is 24.1 Å². The molecule has 5 heteroatoms. The highest BCUT2D eigenvalue weighted by Gasteiger charge is 2.55. The number of allylic oxidation sites excluding steroid dienone is 13. The largest absolute Gasteiger partial charge is 0.510 e. The molecule has 0 saturated carbocycles. The Morgan fingerprint density at radius 2 is 1.20 bits per heavy atom. The molecule has 44 heavy (non-hydrogen) atoms. The van der Waals surface area contributed by atoms with Gasteiger partial charge in [-0.05, 0) is 113 Å². The van der Waals surface area contributed by atoms with E-state index in [2.05, 4.69) is 84.9 Å². The van der Waals surface area contributed by atoms with Crippen LogP contribution in [0, 0.1) is 5.41 Å². The fourth-order valence-corrected chi connectivity index (χ4v) is 7.48. The van der Waals surface area contributed by atoms with Gasteiger partial charge in [-0.2, -0.15) is 0 Å². The summed E-state index contributed by atoms with van der Waals surface area (Å²) in [4.78, 5) is 27.3. The van der Waals surface area contributed by atoms with E-state index in [4.69, 9.17) is 0 Å². The second-order valence-corrected chi connectivity index (χ2v) is 14.8. The summed E-state index contributed by atoms with van der Waals surface area (Å²) >= 11 is 0. The number of hydrogen-bond donors (Lipinski definition) is 2. The zero-order valence-corrected chi connectivity index (χ0v) is 30.1. The molecule has 0 bridgehead atoms. The fourth-order valence-electron chi connectivity index (χ4n) is 5.19. The molecule has 244 valence electrons. The Morgan fingerprint density at radius 1 is 0.705 bits per heavy atom. The van der Waals surface area contributed by atoms with E-state index in [1.165, 1.54) is 11.1 Å². The maximum absolute atomic E-state index is 13.9. The molecule has 0 spiro atoms. The van der Waals surface area contributed by atoms with Crippen LogP contribution in [0.15, 0.2) is 81.7 Å². The highest BCUT2D eigenvalue weighted by Crippen LogP contribution is 2.51. The Bertz CT molecular complexity index is 1240. The van der Waals surface area contributed by atoms with Gasteiger partial charge in [0.2, 0.25) is 0 Å². The monoisotopic (exact) mass is 623 g/mol. The Balaban J connectivity index is 3.75. The molecule has 2 N–H and O–H groups in total. The lowest BCUT2D eigenvalue weighted by atomic mass is 9.76. The summed E-state index contributed by atoms with van der Waals surface area (Å²) in [6.07, 6.45) is 23.1. The number of hydrogen-bond acceptors (Lipinski definition) is 3. The van der Waals surface area contributed by atoms with Crippen molar-refractivity contribution in [3.8, 4) is 0 Å². The van der Waals surface area contributed by atoms with Crippen molar-refractivity contribution in [1.29, 1.82) is 0 Å². The van der Waals surface area contributed by atoms with Crippen LogP contribution in [-0.2, 0) is 9.59 Å². The van der Waals surface area contributed by atoms with E-state index in [0.717, 1.165) is 61.7 Å². The molecule has 0 aromatic heterocycles. The first-order chi connectivity index (χ1) is 20.8. The molecule has 4 nitrogen and oxygen atoms in total. The predicted octanol–water partition coefficient (Wildman–Crippen LogP) is 11.9. The van der Waals surface area contributed by atoms with Crippen LogP contribution in [0.4, 0.5) is 0 Å². The summed E-state index contributed by atoms with van der Waals surface area (Å²) in [6.45, 7) is 18.6. The summed E-state index contributed by atoms with van der Waals surface area (Å²) in [5.41, 5.74) is 4.33. The summed E-state index contributed by atoms with van der Waals surface area (Å²) < 4.78 is 0. The third kappa shape index (κ3) is 12.8. The first kappa shape index (κ1) is 39.5. The van der Waals surface area contributed by atoms with E-state index < -0.39 is 18.5 Å². The molecule has 1 aliphatic heterocycles. The minimum atomic E-state index is -2.10. The minimum absolute atomic E-state index is 0.0697. The predicted molar refractivity (Wildman–Crippen MR) is 192 cm³/mol. The van der Waals surface area contributed by atoms with Crippen molar-refractivity contribution in [2.75, 3.05) is 0 Å². The first-order valence-corrected chi connectivity index (χ1v) is 17.9. The Labute approximate surface area is 269 Å². The van der Waals surface area contributed by atoms with E-state index in [0.29, 0.717) is 19.3 Å². The Morgan fingerprint density at radius 3 is 1.68 bits per heavy atom. The van der Waals surface area contributed by atoms with Gasteiger partial charge in [0, 0.05) is 6.42 Å². The number of carbonyl (C=O) groups excluding carboxylic acids is 2. The van der Waals surface area contributed by atoms with Gasteiger partial charge in [-0.3, -0.25) is 0 Å². The summed E-state index contributed by atoms with van der Waals surface area (Å²) in [5.74, 6) is -0.0697. The average molecular weight is 624 g/mol. The van der Waals surface area contributed by atoms with E-state index in [1.807, 2.05) is 19.9 Å². The molecular formula is C39H60O4P+. The second-order valence-electron chi connectivity index (χ2n) is 12.8. The standard InChI is InChI=1S/C39H59O4P/c1-10-12-13-14-20-32(8)25-27-39(28-26-33(9)22-16-19-30(5)6)36(41)34(24-23-31(7)21-15-18-29(3)4)37(42)44(38(39)43)35(40)17-11-2/h12-13,18-19,23,25-26H,10-11,14-17,20-22,24,27-28H2,1-9H3,(H-,40,41,42,43)/p+1/b13-12+,31-23+,32-25+,33-26+. The molecular weight excluding hydrogens is 563 g/mol. The van der Waals surface area contributed by atoms with Crippen LogP contribution >= 0.6 is 7.55 Å². The normalized spacial score (nSPS) is 19.2. The van der Waals surface area contributed by atoms with Gasteiger partial charge in [0.25, 0.3) is 13.0 Å². The van der Waals surface area contributed by atoms with Gasteiger partial charge in [0.15, 0.2) is 0 Å². The summed E-state index contributed by atoms with van der Waals surface area (Å²) in [7, 11) is -2.10. The third-order valence-corrected chi connectivity index (χ3v) is 10.3.